The van der Waals surface area contributed by atoms with Crippen molar-refractivity contribution in [2.45, 2.75) is 0 Å². The summed E-state index contributed by atoms with van der Waals surface area (Å²) >= 11 is 7.54. The summed E-state index contributed by atoms with van der Waals surface area (Å²) in [7, 11) is 1.91. The fourth-order valence-electron chi connectivity index (χ4n) is 2.09. The van der Waals surface area contributed by atoms with E-state index in [2.05, 4.69) is 4.99 Å². The molecule has 0 bridgehead atoms. The Morgan fingerprint density at radius 1 is 1.18 bits per heavy atom. The molecule has 0 spiro atoms. The molecule has 5 heteroatoms. The first-order valence-electron chi connectivity index (χ1n) is 6.71. The molecule has 110 valence electrons. The number of aromatic nitrogens is 1. The van der Waals surface area contributed by atoms with E-state index in [1.165, 1.54) is 17.4 Å². The fourth-order valence-corrected chi connectivity index (χ4v) is 3.31. The predicted molar refractivity (Wildman–Crippen MR) is 91.9 cm³/mol. The molecule has 0 aliphatic carbocycles. The Morgan fingerprint density at radius 2 is 1.91 bits per heavy atom. The number of para-hydroxylation sites is 1. The fraction of sp³-hybridized carbons (Fsp3) is 0.0588. The third kappa shape index (κ3) is 3.03. The van der Waals surface area contributed by atoms with Gasteiger partial charge in [-0.05, 0) is 29.8 Å². The second kappa shape index (κ2) is 6.30. The maximum Gasteiger partial charge on any atom is 0.272 e. The minimum absolute atomic E-state index is 0.304. The summed E-state index contributed by atoms with van der Waals surface area (Å²) in [5, 5.41) is 0.610. The number of hydrogen-bond donors (Lipinski definition) is 0. The highest BCUT2D eigenvalue weighted by Crippen LogP contribution is 2.17. The zero-order valence-electron chi connectivity index (χ0n) is 11.9. The van der Waals surface area contributed by atoms with E-state index in [1.54, 1.807) is 12.1 Å². The van der Waals surface area contributed by atoms with E-state index >= 15 is 0 Å². The maximum absolute atomic E-state index is 12.0. The van der Waals surface area contributed by atoms with Crippen molar-refractivity contribution in [1.82, 2.24) is 4.57 Å². The van der Waals surface area contributed by atoms with Crippen LogP contribution in [0.25, 0.3) is 16.3 Å². The first-order chi connectivity index (χ1) is 10.6. The number of hydrogen-bond acceptors (Lipinski definition) is 2. The van der Waals surface area contributed by atoms with Crippen LogP contribution in [0.2, 0.25) is 5.02 Å². The SMILES string of the molecule is Cn1c(=NC(=O)C=Cc2ccccc2Cl)sc2ccccc21. The summed E-state index contributed by atoms with van der Waals surface area (Å²) in [6.07, 6.45) is 3.12. The Hall–Kier alpha value is -2.17. The highest BCUT2D eigenvalue weighted by Gasteiger charge is 2.02. The number of benzene rings is 2. The van der Waals surface area contributed by atoms with Gasteiger partial charge < -0.3 is 4.57 Å². The number of carbonyl (C=O) groups excluding carboxylic acids is 1. The Bertz CT molecular complexity index is 937. The van der Waals surface area contributed by atoms with Gasteiger partial charge >= 0.3 is 0 Å². The molecule has 1 heterocycles. The maximum atomic E-state index is 12.0. The van der Waals surface area contributed by atoms with Crippen LogP contribution in [0, 0.1) is 0 Å². The Kier molecular flexibility index (Phi) is 4.22. The van der Waals surface area contributed by atoms with Crippen molar-refractivity contribution in [2.75, 3.05) is 0 Å². The van der Waals surface area contributed by atoms with Gasteiger partial charge in [0.25, 0.3) is 5.91 Å². The van der Waals surface area contributed by atoms with Crippen molar-refractivity contribution in [1.29, 1.82) is 0 Å². The van der Waals surface area contributed by atoms with Crippen LogP contribution in [0.5, 0.6) is 0 Å². The van der Waals surface area contributed by atoms with Crippen LogP contribution < -0.4 is 4.80 Å². The van der Waals surface area contributed by atoms with Gasteiger partial charge in [-0.3, -0.25) is 4.79 Å². The van der Waals surface area contributed by atoms with Gasteiger partial charge in [-0.2, -0.15) is 4.99 Å². The first kappa shape index (κ1) is 14.8. The van der Waals surface area contributed by atoms with E-state index < -0.39 is 0 Å². The van der Waals surface area contributed by atoms with Crippen molar-refractivity contribution < 1.29 is 4.79 Å². The van der Waals surface area contributed by atoms with Gasteiger partial charge in [0, 0.05) is 18.1 Å². The van der Waals surface area contributed by atoms with Gasteiger partial charge in [0.1, 0.15) is 0 Å². The number of fused-ring (bicyclic) bond motifs is 1. The van der Waals surface area contributed by atoms with Crippen LogP contribution in [0.1, 0.15) is 5.56 Å². The Morgan fingerprint density at radius 3 is 2.68 bits per heavy atom. The smallest absolute Gasteiger partial charge is 0.272 e. The number of halogens is 1. The van der Waals surface area contributed by atoms with Crippen LogP contribution in [0.3, 0.4) is 0 Å². The molecular formula is C17H13ClN2OS. The van der Waals surface area contributed by atoms with Gasteiger partial charge in [0.2, 0.25) is 0 Å². The monoisotopic (exact) mass is 328 g/mol. The second-order valence-corrected chi connectivity index (χ2v) is 6.13. The minimum Gasteiger partial charge on any atom is -0.319 e. The number of rotatable bonds is 2. The number of aryl methyl sites for hydroxylation is 1. The van der Waals surface area contributed by atoms with Crippen molar-refractivity contribution in [3.63, 3.8) is 0 Å². The van der Waals surface area contributed by atoms with Crippen molar-refractivity contribution >= 4 is 45.1 Å². The lowest BCUT2D eigenvalue weighted by atomic mass is 10.2. The molecule has 0 saturated carbocycles. The second-order valence-electron chi connectivity index (χ2n) is 4.72. The van der Waals surface area contributed by atoms with Gasteiger partial charge in [-0.25, -0.2) is 0 Å². The van der Waals surface area contributed by atoms with Crippen LogP contribution in [0.15, 0.2) is 59.6 Å². The quantitative estimate of drug-likeness (QED) is 0.654. The van der Waals surface area contributed by atoms with E-state index in [4.69, 9.17) is 11.6 Å². The Balaban J connectivity index is 1.92. The lowest BCUT2D eigenvalue weighted by molar-refractivity contribution is -0.113. The third-order valence-corrected chi connectivity index (χ3v) is 4.69. The molecule has 3 nitrogen and oxygen atoms in total. The molecule has 0 N–H and O–H groups in total. The normalized spacial score (nSPS) is 12.4. The molecule has 0 aliphatic heterocycles. The minimum atomic E-state index is -0.304. The molecule has 22 heavy (non-hydrogen) atoms. The zero-order chi connectivity index (χ0) is 15.5. The van der Waals surface area contributed by atoms with Crippen molar-refractivity contribution in [2.24, 2.45) is 12.0 Å². The Labute approximate surface area is 136 Å². The zero-order valence-corrected chi connectivity index (χ0v) is 13.4. The van der Waals surface area contributed by atoms with Crippen LogP contribution in [0.4, 0.5) is 0 Å². The lowest BCUT2D eigenvalue weighted by Crippen LogP contribution is -2.12. The molecule has 0 atom stereocenters. The van der Waals surface area contributed by atoms with Gasteiger partial charge in [-0.15, -0.1) is 0 Å². The molecule has 3 aromatic rings. The number of carbonyl (C=O) groups is 1. The predicted octanol–water partition coefficient (Wildman–Crippen LogP) is 4.03. The molecule has 0 fully saturated rings. The standard InChI is InChI=1S/C17H13ClN2OS/c1-20-14-8-4-5-9-15(14)22-17(20)19-16(21)11-10-12-6-2-3-7-13(12)18/h2-11H,1H3. The largest absolute Gasteiger partial charge is 0.319 e. The summed E-state index contributed by atoms with van der Waals surface area (Å²) in [6.45, 7) is 0. The number of nitrogens with zero attached hydrogens (tertiary/aromatic N) is 2. The molecular weight excluding hydrogens is 316 g/mol. The summed E-state index contributed by atoms with van der Waals surface area (Å²) in [5.74, 6) is -0.304. The number of amides is 1. The van der Waals surface area contributed by atoms with E-state index in [-0.39, 0.29) is 5.91 Å². The molecule has 1 amide bonds. The van der Waals surface area contributed by atoms with Crippen molar-refractivity contribution in [3.05, 3.63) is 70.0 Å². The summed E-state index contributed by atoms with van der Waals surface area (Å²) < 4.78 is 3.02. The van der Waals surface area contributed by atoms with Gasteiger partial charge in [0.15, 0.2) is 4.80 Å². The topological polar surface area (TPSA) is 34.4 Å². The van der Waals surface area contributed by atoms with E-state index in [1.807, 2.05) is 54.1 Å². The molecule has 0 unspecified atom stereocenters. The van der Waals surface area contributed by atoms with E-state index in [0.717, 1.165) is 15.8 Å². The highest BCUT2D eigenvalue weighted by molar-refractivity contribution is 7.16. The molecule has 0 saturated heterocycles. The third-order valence-electron chi connectivity index (χ3n) is 3.23. The van der Waals surface area contributed by atoms with Crippen molar-refractivity contribution in [3.8, 4) is 0 Å². The van der Waals surface area contributed by atoms with Crippen LogP contribution in [-0.2, 0) is 11.8 Å². The first-order valence-corrected chi connectivity index (χ1v) is 7.90. The van der Waals surface area contributed by atoms with E-state index in [0.29, 0.717) is 9.82 Å². The molecule has 0 aliphatic rings. The average Bonchev–Trinajstić information content (AvgIpc) is 2.83. The van der Waals surface area contributed by atoms with E-state index in [9.17, 15) is 4.79 Å². The molecule has 2 aromatic carbocycles. The molecule has 3 rings (SSSR count). The van der Waals surface area contributed by atoms with Gasteiger partial charge in [-0.1, -0.05) is 53.3 Å². The summed E-state index contributed by atoms with van der Waals surface area (Å²) in [5.41, 5.74) is 1.86. The summed E-state index contributed by atoms with van der Waals surface area (Å²) in [6, 6.07) is 15.3. The molecule has 0 radical (unpaired) electrons. The number of thiazole rings is 1. The average molecular weight is 329 g/mol. The molecule has 1 aromatic heterocycles. The summed E-state index contributed by atoms with van der Waals surface area (Å²) in [4.78, 5) is 16.9. The van der Waals surface area contributed by atoms with Crippen LogP contribution >= 0.6 is 22.9 Å². The highest BCUT2D eigenvalue weighted by atomic mass is 35.5. The lowest BCUT2D eigenvalue weighted by Gasteiger charge is -1.95. The van der Waals surface area contributed by atoms with Gasteiger partial charge in [0.05, 0.1) is 10.2 Å². The van der Waals surface area contributed by atoms with Crippen LogP contribution in [-0.4, -0.2) is 10.5 Å².